The van der Waals surface area contributed by atoms with Crippen LogP contribution in [0.15, 0.2) is 12.7 Å². The van der Waals surface area contributed by atoms with Crippen molar-refractivity contribution in [2.75, 3.05) is 0 Å². The van der Waals surface area contributed by atoms with Crippen LogP contribution in [0.5, 0.6) is 0 Å². The lowest BCUT2D eigenvalue weighted by Crippen LogP contribution is -2.14. The van der Waals surface area contributed by atoms with E-state index in [1.54, 1.807) is 0 Å². The fourth-order valence-corrected chi connectivity index (χ4v) is 0.728. The zero-order valence-corrected chi connectivity index (χ0v) is 7.25. The third kappa shape index (κ3) is 4.51. The first-order valence-electron chi connectivity index (χ1n) is 3.97. The average Bonchev–Trinajstić information content (AvgIpc) is 2.11. The van der Waals surface area contributed by atoms with E-state index in [-0.39, 0.29) is 0 Å². The Kier molecular flexibility index (Phi) is 5.72. The molecule has 0 aromatic rings. The minimum atomic E-state index is -0.615. The summed E-state index contributed by atoms with van der Waals surface area (Å²) in [6.07, 6.45) is 2.94. The summed E-state index contributed by atoms with van der Waals surface area (Å²) in [7, 11) is 0. The number of nitriles is 1. The predicted octanol–water partition coefficient (Wildman–Crippen LogP) is 1.80. The van der Waals surface area contributed by atoms with Crippen molar-refractivity contribution in [3.05, 3.63) is 12.7 Å². The normalized spacial score (nSPS) is 11.3. The molecule has 1 atom stereocenters. The van der Waals surface area contributed by atoms with Crippen molar-refractivity contribution in [2.45, 2.75) is 32.3 Å². The van der Waals surface area contributed by atoms with Crippen LogP contribution in [-0.2, 0) is 9.53 Å². The Labute approximate surface area is 72.6 Å². The minimum absolute atomic E-state index is 0.530. The van der Waals surface area contributed by atoms with Crippen molar-refractivity contribution in [1.82, 2.24) is 0 Å². The van der Waals surface area contributed by atoms with Crippen LogP contribution >= 0.6 is 0 Å². The number of carbonyl (C=O) groups is 1. The summed E-state index contributed by atoms with van der Waals surface area (Å²) in [5.74, 6) is -0.530. The Bertz CT molecular complexity index is 193. The van der Waals surface area contributed by atoms with E-state index in [9.17, 15) is 4.79 Å². The molecule has 0 spiro atoms. The van der Waals surface area contributed by atoms with Gasteiger partial charge in [-0.1, -0.05) is 19.9 Å². The SMILES string of the molecule is C=CC(=O)OC(C#N)CCCC. The third-order valence-electron chi connectivity index (χ3n) is 1.39. The van der Waals surface area contributed by atoms with Crippen molar-refractivity contribution in [2.24, 2.45) is 0 Å². The van der Waals surface area contributed by atoms with Crippen molar-refractivity contribution in [3.63, 3.8) is 0 Å². The molecule has 0 saturated heterocycles. The Balaban J connectivity index is 3.76. The Hall–Kier alpha value is -1.30. The summed E-state index contributed by atoms with van der Waals surface area (Å²) in [6.45, 7) is 5.26. The Morgan fingerprint density at radius 1 is 1.83 bits per heavy atom. The number of hydrogen-bond donors (Lipinski definition) is 0. The van der Waals surface area contributed by atoms with Gasteiger partial charge in [0.2, 0.25) is 0 Å². The zero-order valence-electron chi connectivity index (χ0n) is 7.25. The molecule has 0 heterocycles. The smallest absolute Gasteiger partial charge is 0.331 e. The van der Waals surface area contributed by atoms with E-state index >= 15 is 0 Å². The van der Waals surface area contributed by atoms with Crippen molar-refractivity contribution in [3.8, 4) is 6.07 Å². The predicted molar refractivity (Wildman–Crippen MR) is 45.2 cm³/mol. The van der Waals surface area contributed by atoms with Gasteiger partial charge in [0.25, 0.3) is 0 Å². The van der Waals surface area contributed by atoms with Crippen LogP contribution in [0.4, 0.5) is 0 Å². The first-order valence-corrected chi connectivity index (χ1v) is 3.97. The lowest BCUT2D eigenvalue weighted by molar-refractivity contribution is -0.140. The summed E-state index contributed by atoms with van der Waals surface area (Å²) >= 11 is 0. The fourth-order valence-electron chi connectivity index (χ4n) is 0.728. The lowest BCUT2D eigenvalue weighted by Gasteiger charge is -2.07. The molecule has 0 aliphatic heterocycles. The molecule has 12 heavy (non-hydrogen) atoms. The molecule has 0 radical (unpaired) electrons. The number of ether oxygens (including phenoxy) is 1. The highest BCUT2D eigenvalue weighted by Crippen LogP contribution is 2.03. The first-order chi connectivity index (χ1) is 5.74. The number of carbonyl (C=O) groups excluding carboxylic acids is 1. The quantitative estimate of drug-likeness (QED) is 0.463. The summed E-state index contributed by atoms with van der Waals surface area (Å²) in [5.41, 5.74) is 0. The summed E-state index contributed by atoms with van der Waals surface area (Å²) in [6, 6.07) is 1.91. The number of hydrogen-bond acceptors (Lipinski definition) is 3. The van der Waals surface area contributed by atoms with Crippen LogP contribution in [-0.4, -0.2) is 12.1 Å². The molecule has 0 aliphatic carbocycles. The van der Waals surface area contributed by atoms with E-state index in [1.165, 1.54) is 0 Å². The summed E-state index contributed by atoms with van der Waals surface area (Å²) < 4.78 is 4.73. The van der Waals surface area contributed by atoms with E-state index in [4.69, 9.17) is 10.00 Å². The molecular weight excluding hydrogens is 154 g/mol. The van der Waals surface area contributed by atoms with Crippen LogP contribution < -0.4 is 0 Å². The molecule has 0 rings (SSSR count). The molecule has 0 aliphatic rings. The highest BCUT2D eigenvalue weighted by Gasteiger charge is 2.09. The molecular formula is C9H13NO2. The molecule has 0 aromatic heterocycles. The molecule has 0 amide bonds. The van der Waals surface area contributed by atoms with Crippen LogP contribution in [0, 0.1) is 11.3 Å². The standard InChI is InChI=1S/C9H13NO2/c1-3-5-6-8(7-10)12-9(11)4-2/h4,8H,2-3,5-6H2,1H3. The van der Waals surface area contributed by atoms with E-state index in [0.717, 1.165) is 18.9 Å². The summed E-state index contributed by atoms with van der Waals surface area (Å²) in [4.78, 5) is 10.7. The number of unbranched alkanes of at least 4 members (excludes halogenated alkanes) is 1. The van der Waals surface area contributed by atoms with Crippen LogP contribution in [0.2, 0.25) is 0 Å². The van der Waals surface area contributed by atoms with Gasteiger partial charge < -0.3 is 4.74 Å². The van der Waals surface area contributed by atoms with Gasteiger partial charge >= 0.3 is 5.97 Å². The largest absolute Gasteiger partial charge is 0.444 e. The van der Waals surface area contributed by atoms with Crippen LogP contribution in [0.1, 0.15) is 26.2 Å². The number of rotatable bonds is 5. The second-order valence-corrected chi connectivity index (χ2v) is 2.40. The Morgan fingerprint density at radius 3 is 2.92 bits per heavy atom. The van der Waals surface area contributed by atoms with E-state index in [0.29, 0.717) is 6.42 Å². The molecule has 0 N–H and O–H groups in total. The fraction of sp³-hybridized carbons (Fsp3) is 0.556. The van der Waals surface area contributed by atoms with E-state index in [2.05, 4.69) is 6.58 Å². The number of nitrogens with zero attached hydrogens (tertiary/aromatic N) is 1. The maximum absolute atomic E-state index is 10.7. The molecule has 1 unspecified atom stereocenters. The molecule has 0 aromatic carbocycles. The van der Waals surface area contributed by atoms with Gasteiger partial charge in [-0.25, -0.2) is 4.79 Å². The van der Waals surface area contributed by atoms with Crippen LogP contribution in [0.3, 0.4) is 0 Å². The summed E-state index contributed by atoms with van der Waals surface area (Å²) in [5, 5.41) is 8.54. The highest BCUT2D eigenvalue weighted by molar-refractivity contribution is 5.81. The topological polar surface area (TPSA) is 50.1 Å². The maximum atomic E-state index is 10.7. The van der Waals surface area contributed by atoms with Crippen molar-refractivity contribution in [1.29, 1.82) is 5.26 Å². The van der Waals surface area contributed by atoms with E-state index in [1.807, 2.05) is 13.0 Å². The van der Waals surface area contributed by atoms with Crippen molar-refractivity contribution < 1.29 is 9.53 Å². The second-order valence-electron chi connectivity index (χ2n) is 2.40. The van der Waals surface area contributed by atoms with Gasteiger partial charge in [-0.2, -0.15) is 5.26 Å². The zero-order chi connectivity index (χ0) is 9.40. The Morgan fingerprint density at radius 2 is 2.50 bits per heavy atom. The van der Waals surface area contributed by atoms with Gasteiger partial charge in [-0.3, -0.25) is 0 Å². The van der Waals surface area contributed by atoms with Gasteiger partial charge in [-0.05, 0) is 12.8 Å². The van der Waals surface area contributed by atoms with Gasteiger partial charge in [0, 0.05) is 6.08 Å². The number of esters is 1. The van der Waals surface area contributed by atoms with Gasteiger partial charge in [0.15, 0.2) is 6.10 Å². The lowest BCUT2D eigenvalue weighted by atomic mass is 10.2. The molecule has 0 fully saturated rings. The van der Waals surface area contributed by atoms with Gasteiger partial charge in [0.1, 0.15) is 6.07 Å². The van der Waals surface area contributed by atoms with Crippen LogP contribution in [0.25, 0.3) is 0 Å². The van der Waals surface area contributed by atoms with Crippen molar-refractivity contribution >= 4 is 5.97 Å². The third-order valence-corrected chi connectivity index (χ3v) is 1.39. The first kappa shape index (κ1) is 10.7. The molecule has 0 saturated carbocycles. The van der Waals surface area contributed by atoms with Gasteiger partial charge in [0.05, 0.1) is 0 Å². The van der Waals surface area contributed by atoms with E-state index < -0.39 is 12.1 Å². The van der Waals surface area contributed by atoms with Gasteiger partial charge in [-0.15, -0.1) is 0 Å². The molecule has 3 nitrogen and oxygen atoms in total. The maximum Gasteiger partial charge on any atom is 0.331 e. The highest BCUT2D eigenvalue weighted by atomic mass is 16.5. The molecule has 66 valence electrons. The minimum Gasteiger partial charge on any atom is -0.444 e. The monoisotopic (exact) mass is 167 g/mol. The molecule has 3 heteroatoms. The molecule has 0 bridgehead atoms. The average molecular weight is 167 g/mol. The second kappa shape index (κ2) is 6.41.